The third kappa shape index (κ3) is 5.12. The highest BCUT2D eigenvalue weighted by atomic mass is 79.9. The molecular weight excluding hydrogens is 462 g/mol. The van der Waals surface area contributed by atoms with Crippen LogP contribution in [0.3, 0.4) is 0 Å². The van der Waals surface area contributed by atoms with Crippen LogP contribution in [0, 0.1) is 6.92 Å². The first-order valence-corrected chi connectivity index (χ1v) is 9.85. The van der Waals surface area contributed by atoms with Crippen LogP contribution >= 0.6 is 47.8 Å². The Kier molecular flexibility index (Phi) is 6.99. The first-order valence-electron chi connectivity index (χ1n) is 5.87. The molecule has 0 aliphatic carbocycles. The minimum Gasteiger partial charge on any atom is -0.210 e. The number of sulfonamides is 1. The van der Waals surface area contributed by atoms with Crippen LogP contribution in [-0.2, 0) is 10.0 Å². The van der Waals surface area contributed by atoms with Crippen molar-refractivity contribution >= 4 is 57.8 Å². The van der Waals surface area contributed by atoms with Gasteiger partial charge < -0.3 is 0 Å². The van der Waals surface area contributed by atoms with E-state index in [0.717, 1.165) is 22.9 Å². The molecule has 1 atom stereocenters. The van der Waals surface area contributed by atoms with Crippen molar-refractivity contribution in [1.29, 1.82) is 0 Å². The van der Waals surface area contributed by atoms with Crippen molar-refractivity contribution in [2.75, 3.05) is 6.54 Å². The highest BCUT2D eigenvalue weighted by molar-refractivity contribution is 9.11. The Bertz CT molecular complexity index is 546. The zero-order valence-electron chi connectivity index (χ0n) is 10.7. The second kappa shape index (κ2) is 7.54. The molecule has 0 spiro atoms. The third-order valence-corrected chi connectivity index (χ3v) is 6.62. The van der Waals surface area contributed by atoms with E-state index in [-0.39, 0.29) is 9.72 Å². The lowest BCUT2D eigenvalue weighted by molar-refractivity contribution is 0.577. The van der Waals surface area contributed by atoms with Crippen LogP contribution in [-0.4, -0.2) is 19.8 Å². The van der Waals surface area contributed by atoms with Gasteiger partial charge >= 0.3 is 0 Å². The topological polar surface area (TPSA) is 46.2 Å². The summed E-state index contributed by atoms with van der Waals surface area (Å²) in [5.41, 5.74) is 0.982. The molecule has 0 saturated carbocycles. The van der Waals surface area contributed by atoms with Crippen molar-refractivity contribution < 1.29 is 8.42 Å². The molecule has 1 N–H and O–H groups in total. The maximum atomic E-state index is 12.2. The number of nitrogens with one attached hydrogen (secondary N) is 1. The van der Waals surface area contributed by atoms with E-state index in [1.165, 1.54) is 0 Å². The zero-order chi connectivity index (χ0) is 14.6. The highest BCUT2D eigenvalue weighted by Crippen LogP contribution is 2.28. The van der Waals surface area contributed by atoms with Gasteiger partial charge in [-0.3, -0.25) is 0 Å². The molecule has 0 aliphatic rings. The van der Waals surface area contributed by atoms with Crippen molar-refractivity contribution in [2.24, 2.45) is 0 Å². The van der Waals surface area contributed by atoms with Gasteiger partial charge in [-0.2, -0.15) is 0 Å². The number of benzene rings is 1. The Morgan fingerprint density at radius 2 is 1.89 bits per heavy atom. The third-order valence-electron chi connectivity index (χ3n) is 2.60. The summed E-state index contributed by atoms with van der Waals surface area (Å²) in [7, 11) is -3.50. The van der Waals surface area contributed by atoms with Crippen LogP contribution in [0.1, 0.15) is 25.3 Å². The van der Waals surface area contributed by atoms with E-state index in [9.17, 15) is 8.42 Å². The Morgan fingerprint density at radius 3 is 2.47 bits per heavy atom. The lowest BCUT2D eigenvalue weighted by Crippen LogP contribution is -2.30. The lowest BCUT2D eigenvalue weighted by atomic mass is 10.2. The fourth-order valence-electron chi connectivity index (χ4n) is 1.53. The van der Waals surface area contributed by atoms with Gasteiger partial charge in [0.15, 0.2) is 0 Å². The minimum atomic E-state index is -3.50. The molecule has 19 heavy (non-hydrogen) atoms. The Balaban J connectivity index is 2.92. The van der Waals surface area contributed by atoms with Gasteiger partial charge in [0, 0.05) is 20.3 Å². The van der Waals surface area contributed by atoms with E-state index in [1.54, 1.807) is 12.1 Å². The summed E-state index contributed by atoms with van der Waals surface area (Å²) >= 11 is 10.1. The molecule has 0 radical (unpaired) electrons. The van der Waals surface area contributed by atoms with Crippen LogP contribution in [0.2, 0.25) is 0 Å². The number of alkyl halides is 1. The largest absolute Gasteiger partial charge is 0.241 e. The Hall–Kier alpha value is 0.570. The Morgan fingerprint density at radius 1 is 1.26 bits per heavy atom. The van der Waals surface area contributed by atoms with Gasteiger partial charge in [0.1, 0.15) is 0 Å². The molecule has 0 heterocycles. The fourth-order valence-corrected chi connectivity index (χ4v) is 5.12. The van der Waals surface area contributed by atoms with Crippen LogP contribution in [0.4, 0.5) is 0 Å². The summed E-state index contributed by atoms with van der Waals surface area (Å²) in [5.74, 6) is 0. The maximum absolute atomic E-state index is 12.2. The number of halogens is 3. The molecule has 0 bridgehead atoms. The maximum Gasteiger partial charge on any atom is 0.241 e. The van der Waals surface area contributed by atoms with Gasteiger partial charge in [-0.15, -0.1) is 0 Å². The predicted octanol–water partition coefficient (Wildman–Crippen LogP) is 4.36. The molecule has 0 fully saturated rings. The number of rotatable bonds is 6. The van der Waals surface area contributed by atoms with Crippen molar-refractivity contribution in [3.05, 3.63) is 26.6 Å². The molecule has 0 amide bonds. The Labute approximate surface area is 140 Å². The van der Waals surface area contributed by atoms with Gasteiger partial charge in [-0.05, 0) is 47.0 Å². The lowest BCUT2D eigenvalue weighted by Gasteiger charge is -2.13. The smallest absolute Gasteiger partial charge is 0.210 e. The molecular formula is C12H16Br3NO2S. The molecule has 1 aromatic rings. The average molecular weight is 478 g/mol. The van der Waals surface area contributed by atoms with Crippen LogP contribution < -0.4 is 4.72 Å². The standard InChI is InChI=1S/C12H16Br3NO2S/c1-3-4-9(13)7-16-19(17,18)12-6-10(14)8(2)5-11(12)15/h5-6,9,16H,3-4,7H2,1-2H3. The quantitative estimate of drug-likeness (QED) is 0.619. The SMILES string of the molecule is CCCC(Br)CNS(=O)(=O)c1cc(Br)c(C)cc1Br. The van der Waals surface area contributed by atoms with Crippen molar-refractivity contribution in [1.82, 2.24) is 4.72 Å². The second-order valence-electron chi connectivity index (χ2n) is 4.27. The van der Waals surface area contributed by atoms with E-state index in [1.807, 2.05) is 6.92 Å². The van der Waals surface area contributed by atoms with E-state index < -0.39 is 10.0 Å². The van der Waals surface area contributed by atoms with Crippen molar-refractivity contribution in [3.8, 4) is 0 Å². The van der Waals surface area contributed by atoms with Crippen LogP contribution in [0.15, 0.2) is 26.0 Å². The molecule has 108 valence electrons. The van der Waals surface area contributed by atoms with Gasteiger partial charge in [0.2, 0.25) is 10.0 Å². The van der Waals surface area contributed by atoms with Crippen molar-refractivity contribution in [2.45, 2.75) is 36.4 Å². The van der Waals surface area contributed by atoms with Gasteiger partial charge in [-0.1, -0.05) is 45.2 Å². The van der Waals surface area contributed by atoms with E-state index in [0.29, 0.717) is 11.0 Å². The van der Waals surface area contributed by atoms with Gasteiger partial charge in [-0.25, -0.2) is 13.1 Å². The first-order chi connectivity index (χ1) is 8.77. The molecule has 0 aromatic heterocycles. The summed E-state index contributed by atoms with van der Waals surface area (Å²) in [6, 6.07) is 3.40. The van der Waals surface area contributed by atoms with Crippen molar-refractivity contribution in [3.63, 3.8) is 0 Å². The van der Waals surface area contributed by atoms with Gasteiger partial charge in [0.25, 0.3) is 0 Å². The molecule has 1 aromatic carbocycles. The molecule has 0 aliphatic heterocycles. The van der Waals surface area contributed by atoms with Crippen LogP contribution in [0.5, 0.6) is 0 Å². The monoisotopic (exact) mass is 475 g/mol. The molecule has 7 heteroatoms. The number of hydrogen-bond acceptors (Lipinski definition) is 2. The summed E-state index contributed by atoms with van der Waals surface area (Å²) in [6.07, 6.45) is 1.94. The van der Waals surface area contributed by atoms with Crippen LogP contribution in [0.25, 0.3) is 0 Å². The minimum absolute atomic E-state index is 0.153. The average Bonchev–Trinajstić information content (AvgIpc) is 2.31. The molecule has 1 rings (SSSR count). The molecule has 1 unspecified atom stereocenters. The summed E-state index contributed by atoms with van der Waals surface area (Å²) < 4.78 is 28.5. The number of aryl methyl sites for hydroxylation is 1. The summed E-state index contributed by atoms with van der Waals surface area (Å²) in [4.78, 5) is 0.404. The van der Waals surface area contributed by atoms with E-state index in [2.05, 4.69) is 59.4 Å². The molecule has 3 nitrogen and oxygen atoms in total. The number of hydrogen-bond donors (Lipinski definition) is 1. The first kappa shape index (κ1) is 17.6. The highest BCUT2D eigenvalue weighted by Gasteiger charge is 2.19. The zero-order valence-corrected chi connectivity index (χ0v) is 16.3. The van der Waals surface area contributed by atoms with E-state index >= 15 is 0 Å². The normalized spacial score (nSPS) is 13.5. The summed E-state index contributed by atoms with van der Waals surface area (Å²) in [6.45, 7) is 4.36. The fraction of sp³-hybridized carbons (Fsp3) is 0.500. The second-order valence-corrected chi connectivity index (χ2v) is 9.01. The van der Waals surface area contributed by atoms with Gasteiger partial charge in [0.05, 0.1) is 4.90 Å². The summed E-state index contributed by atoms with van der Waals surface area (Å²) in [5, 5.41) is 0. The predicted molar refractivity (Wildman–Crippen MR) is 89.4 cm³/mol. The van der Waals surface area contributed by atoms with E-state index in [4.69, 9.17) is 0 Å². The molecule has 0 saturated heterocycles.